The van der Waals surface area contributed by atoms with E-state index in [1.165, 1.54) is 11.1 Å². The molecule has 1 N–H and O–H groups in total. The summed E-state index contributed by atoms with van der Waals surface area (Å²) in [6.45, 7) is 6.40. The lowest BCUT2D eigenvalue weighted by Crippen LogP contribution is -2.48. The number of hydrogen-bond acceptors (Lipinski definition) is 2. The first-order valence-electron chi connectivity index (χ1n) is 9.03. The molecule has 4 nitrogen and oxygen atoms in total. The Labute approximate surface area is 156 Å². The SMILES string of the molecule is CNC(=O)[C@@H](C)N(CCc1ccccc1)C(=O)Cc1ccc(C)c(C)c1. The van der Waals surface area contributed by atoms with Gasteiger partial charge in [-0.25, -0.2) is 0 Å². The van der Waals surface area contributed by atoms with Crippen LogP contribution >= 0.6 is 0 Å². The van der Waals surface area contributed by atoms with Gasteiger partial charge in [0.15, 0.2) is 0 Å². The second-order valence-electron chi connectivity index (χ2n) is 6.71. The van der Waals surface area contributed by atoms with Gasteiger partial charge < -0.3 is 10.2 Å². The fourth-order valence-electron chi connectivity index (χ4n) is 2.97. The van der Waals surface area contributed by atoms with Crippen LogP contribution in [0.2, 0.25) is 0 Å². The largest absolute Gasteiger partial charge is 0.357 e. The Hall–Kier alpha value is -2.62. The molecule has 0 aliphatic rings. The predicted octanol–water partition coefficient (Wildman–Crippen LogP) is 3.05. The van der Waals surface area contributed by atoms with Crippen molar-refractivity contribution in [3.8, 4) is 0 Å². The summed E-state index contributed by atoms with van der Waals surface area (Å²) < 4.78 is 0. The summed E-state index contributed by atoms with van der Waals surface area (Å²) in [5, 5.41) is 2.65. The highest BCUT2D eigenvalue weighted by atomic mass is 16.2. The number of aryl methyl sites for hydroxylation is 2. The smallest absolute Gasteiger partial charge is 0.242 e. The summed E-state index contributed by atoms with van der Waals surface area (Å²) in [5.41, 5.74) is 4.51. The average Bonchev–Trinajstić information content (AvgIpc) is 2.65. The van der Waals surface area contributed by atoms with Crippen LogP contribution in [0.1, 0.15) is 29.2 Å². The van der Waals surface area contributed by atoms with Gasteiger partial charge in [0.25, 0.3) is 0 Å². The molecule has 4 heteroatoms. The molecule has 2 aromatic rings. The third-order valence-electron chi connectivity index (χ3n) is 4.82. The van der Waals surface area contributed by atoms with Crippen LogP contribution in [-0.4, -0.2) is 36.3 Å². The zero-order valence-electron chi connectivity index (χ0n) is 16.1. The topological polar surface area (TPSA) is 49.4 Å². The molecule has 2 aromatic carbocycles. The van der Waals surface area contributed by atoms with Crippen LogP contribution < -0.4 is 5.32 Å². The number of carbonyl (C=O) groups is 2. The maximum absolute atomic E-state index is 12.9. The van der Waals surface area contributed by atoms with E-state index >= 15 is 0 Å². The maximum Gasteiger partial charge on any atom is 0.242 e. The van der Waals surface area contributed by atoms with E-state index in [1.807, 2.05) is 55.5 Å². The molecule has 1 atom stereocenters. The minimum Gasteiger partial charge on any atom is -0.357 e. The molecular weight excluding hydrogens is 324 g/mol. The van der Waals surface area contributed by atoms with Crippen molar-refractivity contribution in [3.05, 3.63) is 70.8 Å². The van der Waals surface area contributed by atoms with E-state index in [9.17, 15) is 9.59 Å². The summed E-state index contributed by atoms with van der Waals surface area (Å²) in [4.78, 5) is 26.7. The van der Waals surface area contributed by atoms with Gasteiger partial charge in [-0.1, -0.05) is 48.5 Å². The number of nitrogens with one attached hydrogen (secondary N) is 1. The first kappa shape index (κ1) is 19.7. The Morgan fingerprint density at radius 2 is 1.69 bits per heavy atom. The highest BCUT2D eigenvalue weighted by molar-refractivity contribution is 5.88. The Kier molecular flexibility index (Phi) is 6.96. The number of likely N-dealkylation sites (N-methyl/N-ethyl adjacent to an activating group) is 1. The van der Waals surface area contributed by atoms with Crippen molar-refractivity contribution >= 4 is 11.8 Å². The zero-order valence-corrected chi connectivity index (χ0v) is 16.1. The van der Waals surface area contributed by atoms with E-state index in [2.05, 4.69) is 12.2 Å². The molecule has 2 amide bonds. The number of hydrogen-bond donors (Lipinski definition) is 1. The third-order valence-corrected chi connectivity index (χ3v) is 4.82. The molecule has 2 rings (SSSR count). The second-order valence-corrected chi connectivity index (χ2v) is 6.71. The summed E-state index contributed by atoms with van der Waals surface area (Å²) in [6.07, 6.45) is 1.03. The van der Waals surface area contributed by atoms with E-state index in [4.69, 9.17) is 0 Å². The fourth-order valence-corrected chi connectivity index (χ4v) is 2.97. The molecule has 0 saturated heterocycles. The standard InChI is InChI=1S/C22H28N2O2/c1-16-10-11-20(14-17(16)2)15-21(25)24(18(3)22(26)23-4)13-12-19-8-6-5-7-9-19/h5-11,14,18H,12-13,15H2,1-4H3,(H,23,26)/t18-/m1/s1. The Morgan fingerprint density at radius 3 is 2.31 bits per heavy atom. The zero-order chi connectivity index (χ0) is 19.1. The first-order valence-corrected chi connectivity index (χ1v) is 9.03. The molecule has 0 aliphatic carbocycles. The molecule has 0 aromatic heterocycles. The van der Waals surface area contributed by atoms with Gasteiger partial charge in [-0.3, -0.25) is 9.59 Å². The summed E-state index contributed by atoms with van der Waals surface area (Å²) in [7, 11) is 1.60. The molecule has 26 heavy (non-hydrogen) atoms. The molecule has 0 unspecified atom stereocenters. The lowest BCUT2D eigenvalue weighted by molar-refractivity contribution is -0.139. The number of benzene rings is 2. The summed E-state index contributed by atoms with van der Waals surface area (Å²) >= 11 is 0. The summed E-state index contributed by atoms with van der Waals surface area (Å²) in [6, 6.07) is 15.6. The van der Waals surface area contributed by atoms with E-state index in [0.717, 1.165) is 17.5 Å². The molecule has 0 heterocycles. The molecule has 0 radical (unpaired) electrons. The molecule has 0 aliphatic heterocycles. The van der Waals surface area contributed by atoms with Crippen molar-refractivity contribution in [2.45, 2.75) is 39.7 Å². The van der Waals surface area contributed by atoms with Gasteiger partial charge in [-0.2, -0.15) is 0 Å². The monoisotopic (exact) mass is 352 g/mol. The first-order chi connectivity index (χ1) is 12.4. The van der Waals surface area contributed by atoms with Gasteiger partial charge in [-0.15, -0.1) is 0 Å². The molecule has 0 spiro atoms. The van der Waals surface area contributed by atoms with Gasteiger partial charge in [0.05, 0.1) is 6.42 Å². The van der Waals surface area contributed by atoms with Gasteiger partial charge in [0.2, 0.25) is 11.8 Å². The second kappa shape index (κ2) is 9.18. The minimum absolute atomic E-state index is 0.0275. The van der Waals surface area contributed by atoms with Crippen LogP contribution in [-0.2, 0) is 22.4 Å². The van der Waals surface area contributed by atoms with Crippen molar-refractivity contribution < 1.29 is 9.59 Å². The van der Waals surface area contributed by atoms with E-state index in [0.29, 0.717) is 13.0 Å². The molecule has 0 saturated carbocycles. The van der Waals surface area contributed by atoms with Crippen LogP contribution in [0.5, 0.6) is 0 Å². The number of rotatable bonds is 7. The van der Waals surface area contributed by atoms with Crippen molar-refractivity contribution in [2.75, 3.05) is 13.6 Å². The molecular formula is C22H28N2O2. The average molecular weight is 352 g/mol. The quantitative estimate of drug-likeness (QED) is 0.833. The van der Waals surface area contributed by atoms with Gasteiger partial charge in [-0.05, 0) is 49.4 Å². The lowest BCUT2D eigenvalue weighted by Gasteiger charge is -2.28. The van der Waals surface area contributed by atoms with Crippen LogP contribution in [0.4, 0.5) is 0 Å². The van der Waals surface area contributed by atoms with Crippen LogP contribution in [0.3, 0.4) is 0 Å². The van der Waals surface area contributed by atoms with E-state index in [-0.39, 0.29) is 11.8 Å². The Bertz CT molecular complexity index is 756. The van der Waals surface area contributed by atoms with Gasteiger partial charge >= 0.3 is 0 Å². The predicted molar refractivity (Wildman–Crippen MR) is 105 cm³/mol. The Balaban J connectivity index is 2.14. The van der Waals surface area contributed by atoms with Gasteiger partial charge in [0.1, 0.15) is 6.04 Å². The normalized spacial score (nSPS) is 11.7. The maximum atomic E-state index is 12.9. The van der Waals surface area contributed by atoms with Crippen molar-refractivity contribution in [2.24, 2.45) is 0 Å². The van der Waals surface area contributed by atoms with E-state index in [1.54, 1.807) is 18.9 Å². The minimum atomic E-state index is -0.497. The van der Waals surface area contributed by atoms with Crippen molar-refractivity contribution in [3.63, 3.8) is 0 Å². The Morgan fingerprint density at radius 1 is 1.00 bits per heavy atom. The van der Waals surface area contributed by atoms with Crippen LogP contribution in [0, 0.1) is 13.8 Å². The highest BCUT2D eigenvalue weighted by Gasteiger charge is 2.25. The summed E-state index contributed by atoms with van der Waals surface area (Å²) in [5.74, 6) is -0.174. The lowest BCUT2D eigenvalue weighted by atomic mass is 10.0. The molecule has 138 valence electrons. The number of nitrogens with zero attached hydrogens (tertiary/aromatic N) is 1. The van der Waals surface area contributed by atoms with Crippen molar-refractivity contribution in [1.29, 1.82) is 0 Å². The highest BCUT2D eigenvalue weighted by Crippen LogP contribution is 2.13. The van der Waals surface area contributed by atoms with Crippen LogP contribution in [0.15, 0.2) is 48.5 Å². The van der Waals surface area contributed by atoms with Gasteiger partial charge in [0, 0.05) is 13.6 Å². The molecule has 0 fully saturated rings. The number of amides is 2. The number of carbonyl (C=O) groups excluding carboxylic acids is 2. The van der Waals surface area contributed by atoms with Crippen LogP contribution in [0.25, 0.3) is 0 Å². The van der Waals surface area contributed by atoms with Crippen molar-refractivity contribution in [1.82, 2.24) is 10.2 Å². The van der Waals surface area contributed by atoms with E-state index < -0.39 is 6.04 Å². The molecule has 0 bridgehead atoms. The third kappa shape index (κ3) is 5.19. The fraction of sp³-hybridized carbons (Fsp3) is 0.364.